The van der Waals surface area contributed by atoms with Crippen LogP contribution in [0, 0.1) is 11.8 Å². The SMILES string of the molecule is CC(=O)SCC(CSC(C)=O)C1COC(c2ccccc2)OC1. The number of thioether (sulfide) groups is 2. The molecule has 0 spiro atoms. The van der Waals surface area contributed by atoms with Crippen molar-refractivity contribution in [3.8, 4) is 0 Å². The maximum Gasteiger partial charge on any atom is 0.185 e. The molecule has 0 N–H and O–H groups in total. The molecular weight excluding hydrogens is 332 g/mol. The monoisotopic (exact) mass is 354 g/mol. The van der Waals surface area contributed by atoms with Gasteiger partial charge < -0.3 is 9.47 Å². The third-order valence-corrected chi connectivity index (χ3v) is 5.67. The van der Waals surface area contributed by atoms with E-state index in [4.69, 9.17) is 9.47 Å². The molecule has 126 valence electrons. The van der Waals surface area contributed by atoms with Gasteiger partial charge >= 0.3 is 0 Å². The Morgan fingerprint density at radius 1 is 1.04 bits per heavy atom. The zero-order valence-electron chi connectivity index (χ0n) is 13.4. The molecule has 0 bridgehead atoms. The standard InChI is InChI=1S/C17H22O4S2/c1-12(18)22-10-16(11-23-13(2)19)15-8-20-17(21-9-15)14-6-4-3-5-7-14/h3-7,15-17H,8-11H2,1-2H3. The predicted octanol–water partition coefficient (Wildman–Crippen LogP) is 3.52. The lowest BCUT2D eigenvalue weighted by Gasteiger charge is -2.34. The van der Waals surface area contributed by atoms with E-state index in [0.717, 1.165) is 5.56 Å². The Morgan fingerprint density at radius 2 is 1.57 bits per heavy atom. The second-order valence-electron chi connectivity index (χ2n) is 5.53. The van der Waals surface area contributed by atoms with Crippen molar-refractivity contribution >= 4 is 33.8 Å². The van der Waals surface area contributed by atoms with Gasteiger partial charge in [0.2, 0.25) is 0 Å². The molecule has 0 saturated carbocycles. The zero-order chi connectivity index (χ0) is 16.7. The van der Waals surface area contributed by atoms with Crippen molar-refractivity contribution in [2.24, 2.45) is 11.8 Å². The summed E-state index contributed by atoms with van der Waals surface area (Å²) < 4.78 is 11.7. The average Bonchev–Trinajstić information content (AvgIpc) is 2.55. The summed E-state index contributed by atoms with van der Waals surface area (Å²) in [6, 6.07) is 9.86. The van der Waals surface area contributed by atoms with Gasteiger partial charge in [0.1, 0.15) is 0 Å². The number of ether oxygens (including phenoxy) is 2. The lowest BCUT2D eigenvalue weighted by Crippen LogP contribution is -2.35. The number of hydrogen-bond acceptors (Lipinski definition) is 6. The highest BCUT2D eigenvalue weighted by atomic mass is 32.2. The first-order valence-corrected chi connectivity index (χ1v) is 9.58. The summed E-state index contributed by atoms with van der Waals surface area (Å²) in [6.07, 6.45) is -0.325. The van der Waals surface area contributed by atoms with E-state index in [1.807, 2.05) is 30.3 Å². The van der Waals surface area contributed by atoms with E-state index in [1.54, 1.807) is 13.8 Å². The van der Waals surface area contributed by atoms with E-state index in [9.17, 15) is 9.59 Å². The molecule has 0 aliphatic carbocycles. The van der Waals surface area contributed by atoms with Gasteiger partial charge in [-0.05, 0) is 5.92 Å². The summed E-state index contributed by atoms with van der Waals surface area (Å²) in [5.41, 5.74) is 1.01. The van der Waals surface area contributed by atoms with Crippen LogP contribution in [0.5, 0.6) is 0 Å². The number of rotatable bonds is 6. The molecule has 0 atom stereocenters. The molecule has 1 saturated heterocycles. The first kappa shape index (κ1) is 18.5. The van der Waals surface area contributed by atoms with Crippen molar-refractivity contribution in [3.63, 3.8) is 0 Å². The zero-order valence-corrected chi connectivity index (χ0v) is 15.0. The van der Waals surface area contributed by atoms with Crippen LogP contribution in [0.25, 0.3) is 0 Å². The van der Waals surface area contributed by atoms with Crippen LogP contribution in [0.4, 0.5) is 0 Å². The fourth-order valence-electron chi connectivity index (χ4n) is 2.36. The minimum absolute atomic E-state index is 0.0997. The molecule has 0 unspecified atom stereocenters. The molecule has 2 rings (SSSR count). The Labute approximate surface area is 145 Å². The van der Waals surface area contributed by atoms with Crippen molar-refractivity contribution in [2.45, 2.75) is 20.1 Å². The van der Waals surface area contributed by atoms with Crippen molar-refractivity contribution in [2.75, 3.05) is 24.7 Å². The average molecular weight is 354 g/mol. The molecule has 1 aromatic rings. The maximum absolute atomic E-state index is 11.2. The Morgan fingerprint density at radius 3 is 2.04 bits per heavy atom. The highest BCUT2D eigenvalue weighted by molar-refractivity contribution is 8.14. The van der Waals surface area contributed by atoms with Crippen molar-refractivity contribution < 1.29 is 19.1 Å². The number of hydrogen-bond donors (Lipinski definition) is 0. The Hall–Kier alpha value is -0.820. The Balaban J connectivity index is 1.90. The smallest absolute Gasteiger partial charge is 0.185 e. The molecule has 4 nitrogen and oxygen atoms in total. The molecule has 0 amide bonds. The highest BCUT2D eigenvalue weighted by Crippen LogP contribution is 2.31. The van der Waals surface area contributed by atoms with E-state index in [2.05, 4.69) is 0 Å². The largest absolute Gasteiger partial charge is 0.348 e. The summed E-state index contributed by atoms with van der Waals surface area (Å²) in [4.78, 5) is 22.5. The van der Waals surface area contributed by atoms with Crippen LogP contribution in [-0.2, 0) is 19.1 Å². The van der Waals surface area contributed by atoms with E-state index in [0.29, 0.717) is 24.7 Å². The van der Waals surface area contributed by atoms with Crippen LogP contribution in [-0.4, -0.2) is 35.0 Å². The summed E-state index contributed by atoms with van der Waals surface area (Å²) in [5, 5.41) is 0.199. The molecule has 1 aromatic carbocycles. The van der Waals surface area contributed by atoms with Crippen LogP contribution in [0.1, 0.15) is 25.7 Å². The quantitative estimate of drug-likeness (QED) is 0.779. The maximum atomic E-state index is 11.2. The molecule has 0 radical (unpaired) electrons. The van der Waals surface area contributed by atoms with Gasteiger partial charge in [-0.15, -0.1) is 0 Å². The third-order valence-electron chi connectivity index (χ3n) is 3.66. The minimum Gasteiger partial charge on any atom is -0.348 e. The van der Waals surface area contributed by atoms with Crippen LogP contribution in [0.3, 0.4) is 0 Å². The van der Waals surface area contributed by atoms with E-state index >= 15 is 0 Å². The van der Waals surface area contributed by atoms with Gasteiger partial charge in [-0.3, -0.25) is 9.59 Å². The van der Waals surface area contributed by atoms with Crippen LogP contribution in [0.15, 0.2) is 30.3 Å². The van der Waals surface area contributed by atoms with Gasteiger partial charge in [-0.2, -0.15) is 0 Å². The lowest BCUT2D eigenvalue weighted by atomic mass is 9.96. The number of carbonyl (C=O) groups is 2. The predicted molar refractivity (Wildman–Crippen MR) is 94.3 cm³/mol. The van der Waals surface area contributed by atoms with E-state index in [1.165, 1.54) is 23.5 Å². The molecule has 1 aliphatic heterocycles. The molecule has 1 heterocycles. The van der Waals surface area contributed by atoms with E-state index in [-0.39, 0.29) is 28.4 Å². The Kier molecular flexibility index (Phi) is 7.62. The first-order chi connectivity index (χ1) is 11.1. The lowest BCUT2D eigenvalue weighted by molar-refractivity contribution is -0.210. The van der Waals surface area contributed by atoms with E-state index < -0.39 is 0 Å². The third kappa shape index (κ3) is 6.30. The molecular formula is C17H22O4S2. The summed E-state index contributed by atoms with van der Waals surface area (Å²) in [7, 11) is 0. The van der Waals surface area contributed by atoms with Crippen LogP contribution in [0.2, 0.25) is 0 Å². The second-order valence-corrected chi connectivity index (χ2v) is 7.93. The summed E-state index contributed by atoms with van der Waals surface area (Å²) in [5.74, 6) is 1.81. The van der Waals surface area contributed by atoms with Crippen molar-refractivity contribution in [3.05, 3.63) is 35.9 Å². The molecule has 23 heavy (non-hydrogen) atoms. The normalized spacial score (nSPS) is 21.3. The second kappa shape index (κ2) is 9.47. The van der Waals surface area contributed by atoms with Gasteiger partial charge in [0.15, 0.2) is 16.5 Å². The van der Waals surface area contributed by atoms with Crippen molar-refractivity contribution in [1.29, 1.82) is 0 Å². The molecule has 1 fully saturated rings. The fourth-order valence-corrected chi connectivity index (χ4v) is 4.19. The summed E-state index contributed by atoms with van der Waals surface area (Å²) in [6.45, 7) is 4.31. The summed E-state index contributed by atoms with van der Waals surface area (Å²) >= 11 is 2.61. The minimum atomic E-state index is -0.325. The van der Waals surface area contributed by atoms with Crippen LogP contribution >= 0.6 is 23.5 Å². The topological polar surface area (TPSA) is 52.6 Å². The molecule has 1 aliphatic rings. The van der Waals surface area contributed by atoms with Gasteiger partial charge in [-0.1, -0.05) is 53.9 Å². The van der Waals surface area contributed by atoms with Crippen LogP contribution < -0.4 is 0 Å². The molecule has 0 aromatic heterocycles. The first-order valence-electron chi connectivity index (χ1n) is 7.61. The molecule has 6 heteroatoms. The number of carbonyl (C=O) groups excluding carboxylic acids is 2. The fraction of sp³-hybridized carbons (Fsp3) is 0.529. The Bertz CT molecular complexity index is 495. The van der Waals surface area contributed by atoms with Gasteiger partial charge in [0.05, 0.1) is 13.2 Å². The highest BCUT2D eigenvalue weighted by Gasteiger charge is 2.30. The van der Waals surface area contributed by atoms with Gasteiger partial charge in [-0.25, -0.2) is 0 Å². The van der Waals surface area contributed by atoms with Gasteiger partial charge in [0, 0.05) is 36.8 Å². The van der Waals surface area contributed by atoms with Crippen molar-refractivity contribution in [1.82, 2.24) is 0 Å². The number of benzene rings is 1. The van der Waals surface area contributed by atoms with Gasteiger partial charge in [0.25, 0.3) is 0 Å².